The second-order valence-electron chi connectivity index (χ2n) is 4.66. The Morgan fingerprint density at radius 1 is 1.14 bits per heavy atom. The Bertz CT molecular complexity index is 540. The summed E-state index contributed by atoms with van der Waals surface area (Å²) < 4.78 is 13.1. The monoisotopic (exact) mass is 289 g/mol. The van der Waals surface area contributed by atoms with Crippen LogP contribution in [0.5, 0.6) is 11.5 Å². The minimum Gasteiger partial charge on any atom is -0.490 e. The van der Waals surface area contributed by atoms with Crippen LogP contribution in [0.1, 0.15) is 19.4 Å². The third-order valence-electron chi connectivity index (χ3n) is 3.03. The molecule has 0 unspecified atom stereocenters. The molecular weight excluding hydrogens is 266 g/mol. The average Bonchev–Trinajstić information content (AvgIpc) is 2.98. The van der Waals surface area contributed by atoms with Crippen LogP contribution < -0.4 is 14.8 Å². The van der Waals surface area contributed by atoms with Gasteiger partial charge < -0.3 is 14.8 Å². The van der Waals surface area contributed by atoms with Gasteiger partial charge in [0.05, 0.1) is 12.4 Å². The number of ether oxygens (including phenoxy) is 2. The van der Waals surface area contributed by atoms with Crippen LogP contribution in [0.25, 0.3) is 0 Å². The molecule has 2 aromatic rings. The maximum absolute atomic E-state index is 5.70. The number of nitrogens with one attached hydrogen (secondary N) is 1. The SMILES string of the molecule is CCNCc1cccc(OCCOc2cnn(CC)c2)c1. The van der Waals surface area contributed by atoms with E-state index in [0.29, 0.717) is 13.2 Å². The van der Waals surface area contributed by atoms with E-state index in [1.165, 1.54) is 5.56 Å². The zero-order valence-corrected chi connectivity index (χ0v) is 12.7. The van der Waals surface area contributed by atoms with E-state index in [0.717, 1.165) is 31.1 Å². The van der Waals surface area contributed by atoms with Crippen LogP contribution in [0.15, 0.2) is 36.7 Å². The molecule has 5 heteroatoms. The summed E-state index contributed by atoms with van der Waals surface area (Å²) in [5.41, 5.74) is 1.22. The molecule has 1 aromatic carbocycles. The number of aryl methyl sites for hydroxylation is 1. The second-order valence-corrected chi connectivity index (χ2v) is 4.66. The molecule has 0 fully saturated rings. The van der Waals surface area contributed by atoms with Crippen molar-refractivity contribution in [2.45, 2.75) is 26.9 Å². The Morgan fingerprint density at radius 3 is 2.67 bits per heavy atom. The molecule has 0 amide bonds. The Morgan fingerprint density at radius 2 is 1.95 bits per heavy atom. The molecule has 1 N–H and O–H groups in total. The maximum atomic E-state index is 5.70. The summed E-state index contributed by atoms with van der Waals surface area (Å²) in [7, 11) is 0. The highest BCUT2D eigenvalue weighted by atomic mass is 16.5. The largest absolute Gasteiger partial charge is 0.490 e. The van der Waals surface area contributed by atoms with Gasteiger partial charge in [0.1, 0.15) is 19.0 Å². The first-order valence-electron chi connectivity index (χ1n) is 7.39. The summed E-state index contributed by atoms with van der Waals surface area (Å²) in [6.45, 7) is 7.83. The third-order valence-corrected chi connectivity index (χ3v) is 3.03. The molecule has 0 atom stereocenters. The fourth-order valence-electron chi connectivity index (χ4n) is 1.93. The smallest absolute Gasteiger partial charge is 0.157 e. The van der Waals surface area contributed by atoms with Crippen molar-refractivity contribution in [3.8, 4) is 11.5 Å². The Hall–Kier alpha value is -2.01. The number of benzene rings is 1. The van der Waals surface area contributed by atoms with Crippen LogP contribution in [0.2, 0.25) is 0 Å². The summed E-state index contributed by atoms with van der Waals surface area (Å²) in [5.74, 6) is 1.65. The average molecular weight is 289 g/mol. The van der Waals surface area contributed by atoms with Gasteiger partial charge in [-0.2, -0.15) is 5.10 Å². The summed E-state index contributed by atoms with van der Waals surface area (Å²) >= 11 is 0. The molecule has 0 saturated carbocycles. The van der Waals surface area contributed by atoms with Gasteiger partial charge in [-0.3, -0.25) is 4.68 Å². The zero-order chi connectivity index (χ0) is 14.9. The number of hydrogen-bond donors (Lipinski definition) is 1. The predicted octanol–water partition coefficient (Wildman–Crippen LogP) is 2.47. The van der Waals surface area contributed by atoms with E-state index in [-0.39, 0.29) is 0 Å². The molecule has 1 heterocycles. The molecule has 1 aromatic heterocycles. The van der Waals surface area contributed by atoms with Gasteiger partial charge in [0.2, 0.25) is 0 Å². The minimum atomic E-state index is 0.507. The number of rotatable bonds is 9. The lowest BCUT2D eigenvalue weighted by molar-refractivity contribution is 0.217. The van der Waals surface area contributed by atoms with Crippen LogP contribution in [0.4, 0.5) is 0 Å². The van der Waals surface area contributed by atoms with Crippen molar-refractivity contribution in [3.63, 3.8) is 0 Å². The Labute approximate surface area is 125 Å². The number of hydrogen-bond acceptors (Lipinski definition) is 4. The Kier molecular flexibility index (Phi) is 6.09. The van der Waals surface area contributed by atoms with Crippen molar-refractivity contribution >= 4 is 0 Å². The molecule has 0 saturated heterocycles. The topological polar surface area (TPSA) is 48.3 Å². The molecule has 114 valence electrons. The van der Waals surface area contributed by atoms with Crippen LogP contribution in [-0.4, -0.2) is 29.5 Å². The molecule has 0 aliphatic carbocycles. The van der Waals surface area contributed by atoms with Gasteiger partial charge in [-0.1, -0.05) is 19.1 Å². The van der Waals surface area contributed by atoms with E-state index in [4.69, 9.17) is 9.47 Å². The summed E-state index contributed by atoms with van der Waals surface area (Å²) in [6, 6.07) is 8.11. The van der Waals surface area contributed by atoms with Gasteiger partial charge in [-0.25, -0.2) is 0 Å². The minimum absolute atomic E-state index is 0.507. The quantitative estimate of drug-likeness (QED) is 0.720. The lowest BCUT2D eigenvalue weighted by Crippen LogP contribution is -2.12. The normalized spacial score (nSPS) is 10.6. The van der Waals surface area contributed by atoms with Crippen molar-refractivity contribution in [1.29, 1.82) is 0 Å². The summed E-state index contributed by atoms with van der Waals surface area (Å²) in [6.07, 6.45) is 3.61. The zero-order valence-electron chi connectivity index (χ0n) is 12.7. The van der Waals surface area contributed by atoms with Gasteiger partial charge in [-0.05, 0) is 31.2 Å². The second kappa shape index (κ2) is 8.32. The van der Waals surface area contributed by atoms with E-state index in [9.17, 15) is 0 Å². The molecule has 0 aliphatic rings. The first kappa shape index (κ1) is 15.4. The van der Waals surface area contributed by atoms with E-state index in [1.54, 1.807) is 6.20 Å². The Balaban J connectivity index is 1.72. The van der Waals surface area contributed by atoms with Gasteiger partial charge in [0, 0.05) is 13.1 Å². The molecule has 21 heavy (non-hydrogen) atoms. The van der Waals surface area contributed by atoms with Gasteiger partial charge in [0.25, 0.3) is 0 Å². The molecule has 5 nitrogen and oxygen atoms in total. The van der Waals surface area contributed by atoms with E-state index in [1.807, 2.05) is 29.9 Å². The highest BCUT2D eigenvalue weighted by molar-refractivity contribution is 5.28. The molecule has 0 aliphatic heterocycles. The van der Waals surface area contributed by atoms with E-state index >= 15 is 0 Å². The van der Waals surface area contributed by atoms with E-state index < -0.39 is 0 Å². The molecule has 0 radical (unpaired) electrons. The molecular formula is C16H23N3O2. The van der Waals surface area contributed by atoms with Gasteiger partial charge >= 0.3 is 0 Å². The number of nitrogens with zero attached hydrogens (tertiary/aromatic N) is 2. The van der Waals surface area contributed by atoms with Crippen molar-refractivity contribution < 1.29 is 9.47 Å². The van der Waals surface area contributed by atoms with Crippen molar-refractivity contribution in [2.75, 3.05) is 19.8 Å². The van der Waals surface area contributed by atoms with Crippen LogP contribution >= 0.6 is 0 Å². The van der Waals surface area contributed by atoms with Crippen LogP contribution in [0, 0.1) is 0 Å². The van der Waals surface area contributed by atoms with Crippen LogP contribution in [-0.2, 0) is 13.1 Å². The molecule has 0 bridgehead atoms. The van der Waals surface area contributed by atoms with E-state index in [2.05, 4.69) is 29.5 Å². The van der Waals surface area contributed by atoms with Gasteiger partial charge in [0.15, 0.2) is 5.75 Å². The highest BCUT2D eigenvalue weighted by Gasteiger charge is 2.00. The van der Waals surface area contributed by atoms with Crippen LogP contribution in [0.3, 0.4) is 0 Å². The fourth-order valence-corrected chi connectivity index (χ4v) is 1.93. The molecule has 0 spiro atoms. The summed E-state index contributed by atoms with van der Waals surface area (Å²) in [5, 5.41) is 7.45. The summed E-state index contributed by atoms with van der Waals surface area (Å²) in [4.78, 5) is 0. The first-order chi connectivity index (χ1) is 10.3. The lowest BCUT2D eigenvalue weighted by Gasteiger charge is -2.09. The fraction of sp³-hybridized carbons (Fsp3) is 0.438. The van der Waals surface area contributed by atoms with Crippen molar-refractivity contribution in [2.24, 2.45) is 0 Å². The maximum Gasteiger partial charge on any atom is 0.157 e. The number of aromatic nitrogens is 2. The molecule has 2 rings (SSSR count). The lowest BCUT2D eigenvalue weighted by atomic mass is 10.2. The standard InChI is InChI=1S/C16H23N3O2/c1-3-17-11-14-6-5-7-15(10-14)20-8-9-21-16-12-18-19(4-2)13-16/h5-7,10,12-13,17H,3-4,8-9,11H2,1-2H3. The first-order valence-corrected chi connectivity index (χ1v) is 7.39. The third kappa shape index (κ3) is 5.11. The predicted molar refractivity (Wildman–Crippen MR) is 82.7 cm³/mol. The van der Waals surface area contributed by atoms with Gasteiger partial charge in [-0.15, -0.1) is 0 Å². The highest BCUT2D eigenvalue weighted by Crippen LogP contribution is 2.13. The van der Waals surface area contributed by atoms with Crippen molar-refractivity contribution in [1.82, 2.24) is 15.1 Å². The van der Waals surface area contributed by atoms with Crippen molar-refractivity contribution in [3.05, 3.63) is 42.2 Å².